The van der Waals surface area contributed by atoms with E-state index in [2.05, 4.69) is 0 Å². The predicted molar refractivity (Wildman–Crippen MR) is 51.7 cm³/mol. The van der Waals surface area contributed by atoms with Gasteiger partial charge in [-0.25, -0.2) is 0 Å². The van der Waals surface area contributed by atoms with Crippen LogP contribution in [0.25, 0.3) is 0 Å². The Labute approximate surface area is 84.2 Å². The fraction of sp³-hybridized carbons (Fsp3) is 0.800. The average molecular weight is 199 g/mol. The zero-order valence-corrected chi connectivity index (χ0v) is 8.78. The number of amides is 1. The summed E-state index contributed by atoms with van der Waals surface area (Å²) >= 11 is 0. The lowest BCUT2D eigenvalue weighted by Gasteiger charge is -2.14. The highest BCUT2D eigenvalue weighted by Crippen LogP contribution is 2.13. The molecule has 0 saturated carbocycles. The molecule has 1 saturated heterocycles. The molecule has 1 heterocycles. The van der Waals surface area contributed by atoms with E-state index in [1.54, 1.807) is 4.90 Å². The van der Waals surface area contributed by atoms with Gasteiger partial charge in [-0.05, 0) is 6.42 Å². The zero-order chi connectivity index (χ0) is 10.6. The molecule has 0 radical (unpaired) electrons. The molecule has 14 heavy (non-hydrogen) atoms. The van der Waals surface area contributed by atoms with Gasteiger partial charge in [0.2, 0.25) is 5.91 Å². The van der Waals surface area contributed by atoms with Gasteiger partial charge in [0.05, 0.1) is 6.54 Å². The van der Waals surface area contributed by atoms with Crippen molar-refractivity contribution in [3.63, 3.8) is 0 Å². The number of hydrogen-bond donors (Lipinski definition) is 0. The van der Waals surface area contributed by atoms with Gasteiger partial charge >= 0.3 is 5.97 Å². The number of carbonyl (C=O) groups excluding carboxylic acids is 2. The Hall–Kier alpha value is -1.06. The van der Waals surface area contributed by atoms with Crippen LogP contribution < -0.4 is 0 Å². The third kappa shape index (κ3) is 3.01. The van der Waals surface area contributed by atoms with Gasteiger partial charge in [-0.3, -0.25) is 9.59 Å². The summed E-state index contributed by atoms with van der Waals surface area (Å²) in [5.74, 6) is -0.0954. The number of rotatable bonds is 3. The molecule has 0 aliphatic carbocycles. The first-order valence-electron chi connectivity index (χ1n) is 5.08. The second-order valence-corrected chi connectivity index (χ2v) is 3.62. The Bertz CT molecular complexity index is 227. The zero-order valence-electron chi connectivity index (χ0n) is 8.78. The van der Waals surface area contributed by atoms with Crippen LogP contribution >= 0.6 is 0 Å². The van der Waals surface area contributed by atoms with Crippen LogP contribution in [0.3, 0.4) is 0 Å². The fourth-order valence-electron chi connectivity index (χ4n) is 1.56. The van der Waals surface area contributed by atoms with Gasteiger partial charge in [0.15, 0.2) is 0 Å². The van der Waals surface area contributed by atoms with Gasteiger partial charge < -0.3 is 9.64 Å². The molecule has 1 unspecified atom stereocenters. The summed E-state index contributed by atoms with van der Waals surface area (Å²) in [5, 5.41) is 0. The molecule has 0 aromatic heterocycles. The van der Waals surface area contributed by atoms with Crippen LogP contribution in [0.5, 0.6) is 0 Å². The van der Waals surface area contributed by atoms with Crippen LogP contribution in [0.4, 0.5) is 0 Å². The quantitative estimate of drug-likeness (QED) is 0.636. The standard InChI is InChI=1S/C10H17NO3/c1-3-4-10(13)14-9-5-6-11(7-9)8(2)12/h9H,3-7H2,1-2H3. The van der Waals surface area contributed by atoms with Crippen molar-refractivity contribution in [2.24, 2.45) is 0 Å². The molecule has 0 spiro atoms. The van der Waals surface area contributed by atoms with Crippen molar-refractivity contribution in [1.29, 1.82) is 0 Å². The minimum absolute atomic E-state index is 0.0547. The summed E-state index contributed by atoms with van der Waals surface area (Å²) in [7, 11) is 0. The van der Waals surface area contributed by atoms with Gasteiger partial charge in [-0.1, -0.05) is 6.92 Å². The molecule has 4 nitrogen and oxygen atoms in total. The summed E-state index contributed by atoms with van der Waals surface area (Å²) in [5.41, 5.74) is 0. The van der Waals surface area contributed by atoms with Crippen LogP contribution in [-0.2, 0) is 14.3 Å². The van der Waals surface area contributed by atoms with E-state index in [1.165, 1.54) is 6.92 Å². The summed E-state index contributed by atoms with van der Waals surface area (Å²) in [6.07, 6.45) is 1.96. The van der Waals surface area contributed by atoms with Gasteiger partial charge in [0.1, 0.15) is 6.10 Å². The summed E-state index contributed by atoms with van der Waals surface area (Å²) in [4.78, 5) is 23.9. The number of ether oxygens (including phenoxy) is 1. The normalized spacial score (nSPS) is 21.0. The average Bonchev–Trinajstić information content (AvgIpc) is 2.53. The molecule has 4 heteroatoms. The molecule has 1 aliphatic rings. The van der Waals surface area contributed by atoms with Crippen molar-refractivity contribution < 1.29 is 14.3 Å². The first kappa shape index (κ1) is 11.0. The maximum Gasteiger partial charge on any atom is 0.306 e. The van der Waals surface area contributed by atoms with Crippen molar-refractivity contribution >= 4 is 11.9 Å². The van der Waals surface area contributed by atoms with Crippen LogP contribution in [0.1, 0.15) is 33.1 Å². The third-order valence-electron chi connectivity index (χ3n) is 2.34. The topological polar surface area (TPSA) is 46.6 Å². The van der Waals surface area contributed by atoms with Gasteiger partial charge in [0, 0.05) is 26.3 Å². The SMILES string of the molecule is CCCC(=O)OC1CCN(C(C)=O)C1. The number of carbonyl (C=O) groups is 2. The Morgan fingerprint density at radius 2 is 2.21 bits per heavy atom. The summed E-state index contributed by atoms with van der Waals surface area (Å²) in [6.45, 7) is 4.75. The number of likely N-dealkylation sites (tertiary alicyclic amines) is 1. The van der Waals surface area contributed by atoms with Crippen molar-refractivity contribution in [1.82, 2.24) is 4.90 Å². The number of esters is 1. The first-order valence-corrected chi connectivity index (χ1v) is 5.08. The summed E-state index contributed by atoms with van der Waals surface area (Å²) < 4.78 is 5.20. The van der Waals surface area contributed by atoms with Gasteiger partial charge in [-0.2, -0.15) is 0 Å². The Morgan fingerprint density at radius 3 is 2.71 bits per heavy atom. The molecule has 1 amide bonds. The van der Waals surface area contributed by atoms with Crippen molar-refractivity contribution in [2.45, 2.75) is 39.2 Å². The van der Waals surface area contributed by atoms with E-state index in [0.29, 0.717) is 19.5 Å². The minimum atomic E-state index is -0.150. The van der Waals surface area contributed by atoms with E-state index >= 15 is 0 Å². The lowest BCUT2D eigenvalue weighted by molar-refractivity contribution is -0.149. The smallest absolute Gasteiger partial charge is 0.306 e. The largest absolute Gasteiger partial charge is 0.460 e. The molecule has 80 valence electrons. The highest BCUT2D eigenvalue weighted by Gasteiger charge is 2.26. The van der Waals surface area contributed by atoms with Gasteiger partial charge in [0.25, 0.3) is 0 Å². The van der Waals surface area contributed by atoms with E-state index < -0.39 is 0 Å². The monoisotopic (exact) mass is 199 g/mol. The molecular formula is C10H17NO3. The minimum Gasteiger partial charge on any atom is -0.460 e. The van der Waals surface area contributed by atoms with E-state index in [0.717, 1.165) is 12.8 Å². The lowest BCUT2D eigenvalue weighted by atomic mass is 10.3. The maximum absolute atomic E-state index is 11.1. The first-order chi connectivity index (χ1) is 6.63. The number of nitrogens with zero attached hydrogens (tertiary/aromatic N) is 1. The van der Waals surface area contributed by atoms with Gasteiger partial charge in [-0.15, -0.1) is 0 Å². The van der Waals surface area contributed by atoms with Crippen molar-refractivity contribution in [3.8, 4) is 0 Å². The molecule has 1 atom stereocenters. The Kier molecular flexibility index (Phi) is 3.92. The number of hydrogen-bond acceptors (Lipinski definition) is 3. The molecule has 1 aliphatic heterocycles. The Balaban J connectivity index is 2.28. The van der Waals surface area contributed by atoms with Crippen molar-refractivity contribution in [3.05, 3.63) is 0 Å². The molecular weight excluding hydrogens is 182 g/mol. The fourth-order valence-corrected chi connectivity index (χ4v) is 1.56. The Morgan fingerprint density at radius 1 is 1.50 bits per heavy atom. The van der Waals surface area contributed by atoms with Crippen molar-refractivity contribution in [2.75, 3.05) is 13.1 Å². The second kappa shape index (κ2) is 4.98. The maximum atomic E-state index is 11.1. The summed E-state index contributed by atoms with van der Waals surface area (Å²) in [6, 6.07) is 0. The molecule has 0 aromatic rings. The predicted octanol–water partition coefficient (Wildman–Crippen LogP) is 0.950. The van der Waals surface area contributed by atoms with E-state index in [1.807, 2.05) is 6.92 Å². The molecule has 0 N–H and O–H groups in total. The van der Waals surface area contributed by atoms with E-state index in [-0.39, 0.29) is 18.0 Å². The van der Waals surface area contributed by atoms with Crippen LogP contribution in [-0.4, -0.2) is 36.0 Å². The molecule has 1 fully saturated rings. The molecule has 0 bridgehead atoms. The van der Waals surface area contributed by atoms with E-state index in [9.17, 15) is 9.59 Å². The van der Waals surface area contributed by atoms with E-state index in [4.69, 9.17) is 4.74 Å². The van der Waals surface area contributed by atoms with Crippen LogP contribution in [0, 0.1) is 0 Å². The highest BCUT2D eigenvalue weighted by molar-refractivity contribution is 5.74. The highest BCUT2D eigenvalue weighted by atomic mass is 16.5. The second-order valence-electron chi connectivity index (χ2n) is 3.62. The lowest BCUT2D eigenvalue weighted by Crippen LogP contribution is -2.28. The van der Waals surface area contributed by atoms with Crippen LogP contribution in [0.15, 0.2) is 0 Å². The third-order valence-corrected chi connectivity index (χ3v) is 2.34. The molecule has 0 aromatic carbocycles. The molecule has 1 rings (SSSR count). The van der Waals surface area contributed by atoms with Crippen LogP contribution in [0.2, 0.25) is 0 Å².